The van der Waals surface area contributed by atoms with Gasteiger partial charge < -0.3 is 37.9 Å². The Bertz CT molecular complexity index is 1740. The molecule has 0 amide bonds. The Hall–Kier alpha value is -6.04. The summed E-state index contributed by atoms with van der Waals surface area (Å²) in [6.45, 7) is 6.57. The maximum absolute atomic E-state index is 12.5. The number of carbonyl (C=O) groups is 4. The highest BCUT2D eigenvalue weighted by molar-refractivity contribution is 5.73. The van der Waals surface area contributed by atoms with Crippen molar-refractivity contribution in [3.8, 4) is 23.0 Å². The minimum Gasteiger partial charge on any atom is -0.481 e. The first kappa shape index (κ1) is 41.1. The zero-order valence-electron chi connectivity index (χ0n) is 33.2. The normalized spacial score (nSPS) is 11.9. The lowest BCUT2D eigenvalue weighted by Gasteiger charge is -2.24. The topological polar surface area (TPSA) is 142 Å². The van der Waals surface area contributed by atoms with Crippen LogP contribution in [-0.2, 0) is 63.8 Å². The van der Waals surface area contributed by atoms with E-state index in [-0.39, 0.29) is 26.4 Å². The molecule has 5 rings (SSSR count). The molecule has 0 fully saturated rings. The number of esters is 4. The van der Waals surface area contributed by atoms with E-state index in [2.05, 4.69) is 0 Å². The van der Waals surface area contributed by atoms with Crippen molar-refractivity contribution >= 4 is 23.9 Å². The van der Waals surface area contributed by atoms with Crippen molar-refractivity contribution in [2.75, 3.05) is 54.9 Å². The van der Waals surface area contributed by atoms with Crippen LogP contribution in [0.3, 0.4) is 0 Å². The van der Waals surface area contributed by atoms with Crippen LogP contribution in [0.25, 0.3) is 0 Å². The lowest BCUT2D eigenvalue weighted by molar-refractivity contribution is -0.143. The molecule has 296 valence electrons. The fraction of sp³-hybridized carbons (Fsp3) is 0.364. The highest BCUT2D eigenvalue weighted by Gasteiger charge is 2.25. The van der Waals surface area contributed by atoms with Crippen LogP contribution in [0.15, 0.2) is 48.5 Å². The van der Waals surface area contributed by atoms with Crippen molar-refractivity contribution in [3.63, 3.8) is 0 Å². The number of ether oxygens (including phenoxy) is 8. The molecule has 0 spiro atoms. The van der Waals surface area contributed by atoms with Gasteiger partial charge in [-0.2, -0.15) is 0 Å². The number of fused-ring (bicyclic) bond motifs is 8. The third kappa shape index (κ3) is 10.2. The van der Waals surface area contributed by atoms with Gasteiger partial charge >= 0.3 is 23.9 Å². The smallest absolute Gasteiger partial charge is 0.343 e. The van der Waals surface area contributed by atoms with Gasteiger partial charge in [0, 0.05) is 25.7 Å². The molecular formula is C44H48O12. The molecule has 1 aliphatic carbocycles. The summed E-state index contributed by atoms with van der Waals surface area (Å²) in [5.74, 6) is -0.268. The van der Waals surface area contributed by atoms with Crippen molar-refractivity contribution in [2.45, 2.75) is 53.4 Å². The predicted molar refractivity (Wildman–Crippen MR) is 206 cm³/mol. The number of hydrogen-bond donors (Lipinski definition) is 0. The Morgan fingerprint density at radius 3 is 0.661 bits per heavy atom. The summed E-state index contributed by atoms with van der Waals surface area (Å²) in [5, 5.41) is 0. The maximum atomic E-state index is 12.5. The molecule has 4 aromatic rings. The van der Waals surface area contributed by atoms with Gasteiger partial charge in [-0.25, -0.2) is 19.2 Å². The van der Waals surface area contributed by atoms with Gasteiger partial charge in [-0.15, -0.1) is 0 Å². The van der Waals surface area contributed by atoms with E-state index in [0.29, 0.717) is 48.7 Å². The third-order valence-electron chi connectivity index (χ3n) is 9.32. The van der Waals surface area contributed by atoms with Crippen molar-refractivity contribution in [3.05, 3.63) is 115 Å². The number of benzene rings is 4. The number of rotatable bonds is 12. The molecule has 0 heterocycles. The number of methoxy groups -OCH3 is 4. The molecule has 12 heteroatoms. The minimum absolute atomic E-state index is 0.298. The van der Waals surface area contributed by atoms with Crippen LogP contribution in [-0.4, -0.2) is 78.7 Å². The molecular weight excluding hydrogens is 720 g/mol. The summed E-state index contributed by atoms with van der Waals surface area (Å²) in [6, 6.07) is 15.9. The Balaban J connectivity index is 1.84. The molecule has 56 heavy (non-hydrogen) atoms. The predicted octanol–water partition coefficient (Wildman–Crippen LogP) is 5.80. The third-order valence-corrected chi connectivity index (χ3v) is 9.32. The van der Waals surface area contributed by atoms with Gasteiger partial charge in [0.05, 0.1) is 28.4 Å². The van der Waals surface area contributed by atoms with Crippen molar-refractivity contribution < 1.29 is 57.1 Å². The molecule has 0 radical (unpaired) electrons. The number of hydrogen-bond acceptors (Lipinski definition) is 12. The van der Waals surface area contributed by atoms with Gasteiger partial charge in [0.15, 0.2) is 26.4 Å². The highest BCUT2D eigenvalue weighted by Crippen LogP contribution is 2.40. The molecule has 0 saturated heterocycles. The van der Waals surface area contributed by atoms with Gasteiger partial charge in [-0.1, -0.05) is 70.8 Å². The second-order valence-corrected chi connectivity index (χ2v) is 13.8. The van der Waals surface area contributed by atoms with Crippen molar-refractivity contribution in [1.29, 1.82) is 0 Å². The van der Waals surface area contributed by atoms with Crippen LogP contribution < -0.4 is 18.9 Å². The van der Waals surface area contributed by atoms with Crippen LogP contribution in [0.5, 0.6) is 23.0 Å². The van der Waals surface area contributed by atoms with Gasteiger partial charge in [0.1, 0.15) is 23.0 Å². The fourth-order valence-electron chi connectivity index (χ4n) is 7.09. The van der Waals surface area contributed by atoms with Crippen molar-refractivity contribution in [2.24, 2.45) is 0 Å². The lowest BCUT2D eigenvalue weighted by Crippen LogP contribution is -2.17. The van der Waals surface area contributed by atoms with Gasteiger partial charge in [-0.05, 0) is 72.2 Å². The monoisotopic (exact) mass is 768 g/mol. The molecule has 0 aliphatic heterocycles. The fourth-order valence-corrected chi connectivity index (χ4v) is 7.09. The van der Waals surface area contributed by atoms with E-state index in [1.807, 2.05) is 76.2 Å². The molecule has 8 bridgehead atoms. The van der Waals surface area contributed by atoms with E-state index in [9.17, 15) is 19.2 Å². The number of carbonyl (C=O) groups excluding carboxylic acids is 4. The molecule has 0 aromatic heterocycles. The zero-order valence-corrected chi connectivity index (χ0v) is 33.2. The van der Waals surface area contributed by atoms with E-state index in [0.717, 1.165) is 66.8 Å². The molecule has 0 saturated carbocycles. The Morgan fingerprint density at radius 2 is 0.518 bits per heavy atom. The van der Waals surface area contributed by atoms with Crippen LogP contribution in [0.1, 0.15) is 66.8 Å². The van der Waals surface area contributed by atoms with Gasteiger partial charge in [0.25, 0.3) is 0 Å². The average Bonchev–Trinajstić information content (AvgIpc) is 3.15. The second kappa shape index (κ2) is 18.5. The van der Waals surface area contributed by atoms with Crippen LogP contribution in [0, 0.1) is 27.7 Å². The lowest BCUT2D eigenvalue weighted by atomic mass is 9.88. The quantitative estimate of drug-likeness (QED) is 0.112. The van der Waals surface area contributed by atoms with Crippen molar-refractivity contribution in [1.82, 2.24) is 0 Å². The van der Waals surface area contributed by atoms with E-state index in [1.165, 1.54) is 28.4 Å². The Labute approximate surface area is 326 Å². The summed E-state index contributed by atoms with van der Waals surface area (Å²) >= 11 is 0. The summed E-state index contributed by atoms with van der Waals surface area (Å²) in [6.07, 6.45) is 1.19. The summed E-state index contributed by atoms with van der Waals surface area (Å²) in [5.41, 5.74) is 9.87. The molecule has 0 unspecified atom stereocenters. The minimum atomic E-state index is -0.550. The zero-order chi connectivity index (χ0) is 40.5. The summed E-state index contributed by atoms with van der Waals surface area (Å²) in [7, 11) is 5.20. The molecule has 1 aliphatic rings. The van der Waals surface area contributed by atoms with E-state index < -0.39 is 23.9 Å². The standard InChI is InChI=1S/C44H48O12/c1-25-9-29-17-31-11-26(2)13-33(42(31)54-22-38(46)50-6)19-35-15-28(4)16-36(44(35)56-24-40(48)52-8)20-34-14-27(3)12-32(43(34)55-23-39(47)51-7)18-30(10-25)41(29)53-21-37(45)49-5/h9-16H,17-24H2,1-8H3. The van der Waals surface area contributed by atoms with Crippen LogP contribution >= 0.6 is 0 Å². The van der Waals surface area contributed by atoms with Gasteiger partial charge in [0.2, 0.25) is 0 Å². The van der Waals surface area contributed by atoms with E-state index >= 15 is 0 Å². The second-order valence-electron chi connectivity index (χ2n) is 13.8. The summed E-state index contributed by atoms with van der Waals surface area (Å²) < 4.78 is 44.9. The average molecular weight is 769 g/mol. The molecule has 12 nitrogen and oxygen atoms in total. The van der Waals surface area contributed by atoms with E-state index in [1.54, 1.807) is 0 Å². The maximum Gasteiger partial charge on any atom is 0.343 e. The first-order chi connectivity index (χ1) is 26.8. The van der Waals surface area contributed by atoms with Crippen LogP contribution in [0.4, 0.5) is 0 Å². The Morgan fingerprint density at radius 1 is 0.357 bits per heavy atom. The SMILES string of the molecule is COC(=O)COc1c2cc(C)cc1Cc1cc(C)cc(c1OCC(=O)OC)Cc1cc(C)cc(c1OCC(=O)OC)Cc1cc(C)cc(c1OCC(=O)OC)C2. The largest absolute Gasteiger partial charge is 0.481 e. The molecule has 0 N–H and O–H groups in total. The summed E-state index contributed by atoms with van der Waals surface area (Å²) in [4.78, 5) is 49.9. The first-order valence-electron chi connectivity index (χ1n) is 18.1. The first-order valence-corrected chi connectivity index (χ1v) is 18.1. The van der Waals surface area contributed by atoms with Crippen LogP contribution in [0.2, 0.25) is 0 Å². The molecule has 0 atom stereocenters. The highest BCUT2D eigenvalue weighted by atomic mass is 16.6. The van der Waals surface area contributed by atoms with E-state index in [4.69, 9.17) is 37.9 Å². The van der Waals surface area contributed by atoms with Gasteiger partial charge in [-0.3, -0.25) is 0 Å². The molecule has 4 aromatic carbocycles. The number of aryl methyl sites for hydroxylation is 4. The Kier molecular flexibility index (Phi) is 13.6.